The van der Waals surface area contributed by atoms with Gasteiger partial charge in [-0.2, -0.15) is 0 Å². The fraction of sp³-hybridized carbons (Fsp3) is 0.412. The van der Waals surface area contributed by atoms with Crippen molar-refractivity contribution in [3.8, 4) is 0 Å². The maximum Gasteiger partial charge on any atom is 0.272 e. The van der Waals surface area contributed by atoms with Crippen LogP contribution in [0.15, 0.2) is 36.4 Å². The van der Waals surface area contributed by atoms with Crippen LogP contribution in [-0.4, -0.2) is 17.0 Å². The quantitative estimate of drug-likeness (QED) is 0.488. The number of nitro benzene ring substituents is 1. The van der Waals surface area contributed by atoms with Gasteiger partial charge < -0.3 is 4.79 Å². The summed E-state index contributed by atoms with van der Waals surface area (Å²) in [6.07, 6.45) is 6.32. The number of nitro groups is 1. The van der Waals surface area contributed by atoms with Crippen LogP contribution in [0.4, 0.5) is 5.69 Å². The summed E-state index contributed by atoms with van der Waals surface area (Å²) < 4.78 is 0. The van der Waals surface area contributed by atoms with Crippen LogP contribution in [0.2, 0.25) is 0 Å². The second-order valence-corrected chi connectivity index (χ2v) is 6.09. The molecule has 2 aliphatic carbocycles. The third-order valence-electron chi connectivity index (χ3n) is 4.93. The first-order valence-electron chi connectivity index (χ1n) is 7.51. The normalized spacial score (nSPS) is 30.6. The Kier molecular flexibility index (Phi) is 3.88. The highest BCUT2D eigenvalue weighted by Crippen LogP contribution is 2.49. The van der Waals surface area contributed by atoms with Crippen LogP contribution >= 0.6 is 0 Å². The van der Waals surface area contributed by atoms with Crippen molar-refractivity contribution >= 4 is 17.8 Å². The predicted molar refractivity (Wildman–Crippen MR) is 80.4 cm³/mol. The monoisotopic (exact) mass is 299 g/mol. The Hall–Kier alpha value is -2.30. The predicted octanol–water partition coefficient (Wildman–Crippen LogP) is 3.05. The van der Waals surface area contributed by atoms with Gasteiger partial charge in [-0.25, -0.2) is 0 Å². The van der Waals surface area contributed by atoms with Gasteiger partial charge in [0.1, 0.15) is 6.29 Å². The van der Waals surface area contributed by atoms with Crippen LogP contribution in [0.1, 0.15) is 30.7 Å². The topological polar surface area (TPSA) is 77.3 Å². The van der Waals surface area contributed by atoms with Gasteiger partial charge in [-0.15, -0.1) is 0 Å². The number of ketones is 1. The molecule has 0 heterocycles. The lowest BCUT2D eigenvalue weighted by atomic mass is 9.61. The Balaban J connectivity index is 2.08. The van der Waals surface area contributed by atoms with E-state index in [1.807, 2.05) is 6.08 Å². The highest BCUT2D eigenvalue weighted by molar-refractivity contribution is 5.90. The van der Waals surface area contributed by atoms with Gasteiger partial charge in [-0.05, 0) is 30.8 Å². The lowest BCUT2D eigenvalue weighted by Crippen LogP contribution is -2.36. The molecule has 0 aromatic heterocycles. The fourth-order valence-electron chi connectivity index (χ4n) is 3.94. The number of rotatable bonds is 3. The molecule has 0 bridgehead atoms. The van der Waals surface area contributed by atoms with E-state index in [0.717, 1.165) is 12.7 Å². The minimum atomic E-state index is -0.390. The summed E-state index contributed by atoms with van der Waals surface area (Å²) in [5.74, 6) is -0.157. The SMILES string of the molecule is O=C[C@@H]1CC[C@H]2CC(=O)C=C[C@@H]2[C@H]1c1ccccc1[N+](=O)[O-]. The summed E-state index contributed by atoms with van der Waals surface area (Å²) >= 11 is 0. The zero-order chi connectivity index (χ0) is 15.7. The van der Waals surface area contributed by atoms with E-state index in [1.54, 1.807) is 24.3 Å². The van der Waals surface area contributed by atoms with Crippen LogP contribution in [0, 0.1) is 27.9 Å². The molecule has 4 atom stereocenters. The summed E-state index contributed by atoms with van der Waals surface area (Å²) in [6.45, 7) is 0. The van der Waals surface area contributed by atoms with Gasteiger partial charge in [0.15, 0.2) is 5.78 Å². The molecule has 1 fully saturated rings. The van der Waals surface area contributed by atoms with E-state index >= 15 is 0 Å². The van der Waals surface area contributed by atoms with Gasteiger partial charge in [-0.1, -0.05) is 24.3 Å². The number of carbonyl (C=O) groups excluding carboxylic acids is 2. The summed E-state index contributed by atoms with van der Waals surface area (Å²) in [6, 6.07) is 6.63. The smallest absolute Gasteiger partial charge is 0.272 e. The van der Waals surface area contributed by atoms with Gasteiger partial charge in [0, 0.05) is 29.9 Å². The minimum Gasteiger partial charge on any atom is -0.303 e. The highest BCUT2D eigenvalue weighted by Gasteiger charge is 2.43. The number of aldehydes is 1. The highest BCUT2D eigenvalue weighted by atomic mass is 16.6. The molecule has 0 radical (unpaired) electrons. The summed E-state index contributed by atoms with van der Waals surface area (Å²) in [7, 11) is 0. The number of para-hydroxylation sites is 1. The fourth-order valence-corrected chi connectivity index (χ4v) is 3.94. The number of benzene rings is 1. The summed E-state index contributed by atoms with van der Waals surface area (Å²) in [5, 5.41) is 11.3. The number of nitrogens with zero attached hydrogens (tertiary/aromatic N) is 1. The number of carbonyl (C=O) groups is 2. The zero-order valence-corrected chi connectivity index (χ0v) is 12.1. The van der Waals surface area contributed by atoms with Crippen LogP contribution in [-0.2, 0) is 9.59 Å². The van der Waals surface area contributed by atoms with E-state index in [9.17, 15) is 19.7 Å². The number of allylic oxidation sites excluding steroid dienone is 2. The third-order valence-corrected chi connectivity index (χ3v) is 4.93. The standard InChI is InChI=1S/C17H17NO4/c19-10-12-6-5-11-9-13(20)7-8-14(11)17(12)15-3-1-2-4-16(15)18(21)22/h1-4,7-8,10-12,14,17H,5-6,9H2/t11-,12-,14-,17-/m0/s1. The van der Waals surface area contributed by atoms with Crippen molar-refractivity contribution in [3.05, 3.63) is 52.1 Å². The van der Waals surface area contributed by atoms with Gasteiger partial charge in [0.05, 0.1) is 4.92 Å². The number of fused-ring (bicyclic) bond motifs is 1. The Morgan fingerprint density at radius 1 is 1.23 bits per heavy atom. The minimum absolute atomic E-state index is 0.0164. The van der Waals surface area contributed by atoms with Crippen molar-refractivity contribution in [2.45, 2.75) is 25.2 Å². The Morgan fingerprint density at radius 2 is 2.00 bits per heavy atom. The number of hydrogen-bond donors (Lipinski definition) is 0. The molecule has 22 heavy (non-hydrogen) atoms. The van der Waals surface area contributed by atoms with Crippen molar-refractivity contribution in [1.29, 1.82) is 0 Å². The molecule has 1 aromatic rings. The Morgan fingerprint density at radius 3 is 2.73 bits per heavy atom. The van der Waals surface area contributed by atoms with Crippen molar-refractivity contribution in [2.24, 2.45) is 17.8 Å². The first-order valence-corrected chi connectivity index (χ1v) is 7.51. The van der Waals surface area contributed by atoms with E-state index in [4.69, 9.17) is 0 Å². The first-order chi connectivity index (χ1) is 10.6. The van der Waals surface area contributed by atoms with Gasteiger partial charge in [-0.3, -0.25) is 14.9 Å². The molecule has 1 aromatic carbocycles. The van der Waals surface area contributed by atoms with Crippen LogP contribution in [0.5, 0.6) is 0 Å². The zero-order valence-electron chi connectivity index (χ0n) is 12.1. The van der Waals surface area contributed by atoms with E-state index in [2.05, 4.69) is 0 Å². The second kappa shape index (κ2) is 5.83. The molecule has 1 saturated carbocycles. The number of hydrogen-bond acceptors (Lipinski definition) is 4. The van der Waals surface area contributed by atoms with Gasteiger partial charge in [0.2, 0.25) is 0 Å². The van der Waals surface area contributed by atoms with Gasteiger partial charge in [0.25, 0.3) is 5.69 Å². The molecule has 0 amide bonds. The molecule has 114 valence electrons. The molecule has 2 aliphatic rings. The molecule has 0 unspecified atom stereocenters. The molecule has 0 saturated heterocycles. The second-order valence-electron chi connectivity index (χ2n) is 6.09. The van der Waals surface area contributed by atoms with Crippen LogP contribution in [0.25, 0.3) is 0 Å². The van der Waals surface area contributed by atoms with Crippen LogP contribution in [0.3, 0.4) is 0 Å². The average molecular weight is 299 g/mol. The summed E-state index contributed by atoms with van der Waals surface area (Å²) in [5.41, 5.74) is 0.670. The lowest BCUT2D eigenvalue weighted by molar-refractivity contribution is -0.385. The Bertz CT molecular complexity index is 652. The molecular weight excluding hydrogens is 282 g/mol. The first kappa shape index (κ1) is 14.6. The van der Waals surface area contributed by atoms with E-state index in [-0.39, 0.29) is 35.1 Å². The van der Waals surface area contributed by atoms with Crippen LogP contribution < -0.4 is 0 Å². The van der Waals surface area contributed by atoms with Crippen molar-refractivity contribution in [3.63, 3.8) is 0 Å². The summed E-state index contributed by atoms with van der Waals surface area (Å²) in [4.78, 5) is 34.1. The van der Waals surface area contributed by atoms with Crippen molar-refractivity contribution in [2.75, 3.05) is 0 Å². The molecule has 0 spiro atoms. The van der Waals surface area contributed by atoms with Crippen molar-refractivity contribution < 1.29 is 14.5 Å². The molecule has 5 nitrogen and oxygen atoms in total. The molecule has 3 rings (SSSR count). The molecule has 0 aliphatic heterocycles. The van der Waals surface area contributed by atoms with Gasteiger partial charge >= 0.3 is 0 Å². The van der Waals surface area contributed by atoms with E-state index < -0.39 is 4.92 Å². The third kappa shape index (κ3) is 2.47. The van der Waals surface area contributed by atoms with E-state index in [0.29, 0.717) is 18.4 Å². The largest absolute Gasteiger partial charge is 0.303 e. The van der Waals surface area contributed by atoms with E-state index in [1.165, 1.54) is 6.07 Å². The molecular formula is C17H17NO4. The maximum atomic E-state index is 11.6. The maximum absolute atomic E-state index is 11.6. The Labute approximate surface area is 128 Å². The lowest BCUT2D eigenvalue weighted by Gasteiger charge is -2.41. The molecule has 5 heteroatoms. The van der Waals surface area contributed by atoms with Crippen molar-refractivity contribution in [1.82, 2.24) is 0 Å². The average Bonchev–Trinajstić information content (AvgIpc) is 2.53. The molecule has 0 N–H and O–H groups in total.